The molecule has 0 aliphatic carbocycles. The van der Waals surface area contributed by atoms with E-state index in [1.165, 1.54) is 11.5 Å². The predicted molar refractivity (Wildman–Crippen MR) is 77.7 cm³/mol. The normalized spacial score (nSPS) is 10.4. The molecular formula is C12H10Cl2N2O2S. The zero-order chi connectivity index (χ0) is 13.8. The Morgan fingerprint density at radius 1 is 1.42 bits per heavy atom. The summed E-state index contributed by atoms with van der Waals surface area (Å²) >= 11 is 13.2. The summed E-state index contributed by atoms with van der Waals surface area (Å²) in [7, 11) is 0. The van der Waals surface area contributed by atoms with Crippen LogP contribution in [-0.2, 0) is 16.0 Å². The molecule has 0 saturated heterocycles. The highest BCUT2D eigenvalue weighted by Crippen LogP contribution is 2.36. The van der Waals surface area contributed by atoms with E-state index in [4.69, 9.17) is 28.9 Å². The van der Waals surface area contributed by atoms with Crippen LogP contribution in [-0.4, -0.2) is 17.5 Å². The van der Waals surface area contributed by atoms with Crippen LogP contribution in [0.4, 0.5) is 5.69 Å². The number of nitrogen functional groups attached to an aromatic ring is 1. The minimum Gasteiger partial charge on any atom is -0.468 e. The van der Waals surface area contributed by atoms with Gasteiger partial charge in [0.05, 0.1) is 22.2 Å². The first-order chi connectivity index (χ1) is 9.13. The smallest absolute Gasteiger partial charge is 0.293 e. The van der Waals surface area contributed by atoms with Gasteiger partial charge >= 0.3 is 0 Å². The number of aromatic nitrogens is 1. The van der Waals surface area contributed by atoms with Gasteiger partial charge in [-0.3, -0.25) is 4.79 Å². The van der Waals surface area contributed by atoms with Gasteiger partial charge in [-0.25, -0.2) is 0 Å². The van der Waals surface area contributed by atoms with Crippen molar-refractivity contribution in [1.82, 2.24) is 4.37 Å². The van der Waals surface area contributed by atoms with E-state index in [-0.39, 0.29) is 6.61 Å². The van der Waals surface area contributed by atoms with Gasteiger partial charge in [-0.05, 0) is 29.7 Å². The highest BCUT2D eigenvalue weighted by Gasteiger charge is 2.15. The number of nitrogens with two attached hydrogens (primary N) is 1. The zero-order valence-corrected chi connectivity index (χ0v) is 12.1. The minimum atomic E-state index is 0.281. The van der Waals surface area contributed by atoms with Gasteiger partial charge in [0.15, 0.2) is 0 Å². The maximum atomic E-state index is 10.1. The quantitative estimate of drug-likeness (QED) is 0.678. The molecule has 0 spiro atoms. The molecule has 2 rings (SSSR count). The van der Waals surface area contributed by atoms with Gasteiger partial charge in [0.1, 0.15) is 5.69 Å². The minimum absolute atomic E-state index is 0.281. The molecule has 1 heterocycles. The Morgan fingerprint density at radius 3 is 2.89 bits per heavy atom. The molecule has 1 aromatic heterocycles. The van der Waals surface area contributed by atoms with Crippen LogP contribution >= 0.6 is 34.7 Å². The van der Waals surface area contributed by atoms with Crippen LogP contribution in [0.15, 0.2) is 18.2 Å². The van der Waals surface area contributed by atoms with Gasteiger partial charge < -0.3 is 10.5 Å². The first-order valence-electron chi connectivity index (χ1n) is 5.38. The fraction of sp³-hybridized carbons (Fsp3) is 0.167. The number of benzene rings is 1. The van der Waals surface area contributed by atoms with Crippen LogP contribution in [0.1, 0.15) is 4.88 Å². The van der Waals surface area contributed by atoms with Crippen molar-refractivity contribution in [2.24, 2.45) is 0 Å². The zero-order valence-electron chi connectivity index (χ0n) is 9.73. The largest absolute Gasteiger partial charge is 0.468 e. The molecule has 0 aliphatic rings. The molecule has 0 amide bonds. The van der Waals surface area contributed by atoms with Crippen molar-refractivity contribution in [2.45, 2.75) is 6.42 Å². The molecule has 0 unspecified atom stereocenters. The third kappa shape index (κ3) is 3.18. The Morgan fingerprint density at radius 2 is 2.21 bits per heavy atom. The molecular weight excluding hydrogens is 307 g/mol. The molecule has 19 heavy (non-hydrogen) atoms. The molecule has 2 aromatic rings. The van der Waals surface area contributed by atoms with Crippen molar-refractivity contribution in [3.05, 3.63) is 33.1 Å². The lowest BCUT2D eigenvalue weighted by atomic mass is 10.1. The van der Waals surface area contributed by atoms with E-state index in [0.717, 1.165) is 10.4 Å². The monoisotopic (exact) mass is 316 g/mol. The number of ether oxygens (including phenoxy) is 1. The van der Waals surface area contributed by atoms with Gasteiger partial charge in [-0.15, -0.1) is 0 Å². The number of hydrogen-bond acceptors (Lipinski definition) is 5. The maximum Gasteiger partial charge on any atom is 0.293 e. The fourth-order valence-electron chi connectivity index (χ4n) is 1.59. The molecule has 7 heteroatoms. The summed E-state index contributed by atoms with van der Waals surface area (Å²) in [5.74, 6) is 0. The summed E-state index contributed by atoms with van der Waals surface area (Å²) in [6, 6.07) is 5.16. The average molecular weight is 317 g/mol. The van der Waals surface area contributed by atoms with Crippen LogP contribution in [0.2, 0.25) is 10.0 Å². The van der Waals surface area contributed by atoms with E-state index in [9.17, 15) is 4.79 Å². The second-order valence-electron chi connectivity index (χ2n) is 3.71. The van der Waals surface area contributed by atoms with E-state index in [1.54, 1.807) is 18.2 Å². The second-order valence-corrected chi connectivity index (χ2v) is 5.41. The SMILES string of the molecule is Nc1c(-c2ccc(Cl)cc2Cl)nsc1CCOC=O. The van der Waals surface area contributed by atoms with Crippen LogP contribution in [0, 0.1) is 0 Å². The topological polar surface area (TPSA) is 65.2 Å². The highest BCUT2D eigenvalue weighted by molar-refractivity contribution is 7.06. The average Bonchev–Trinajstić information content (AvgIpc) is 2.72. The van der Waals surface area contributed by atoms with Crippen molar-refractivity contribution in [3.8, 4) is 11.3 Å². The number of carbonyl (C=O) groups is 1. The lowest BCUT2D eigenvalue weighted by molar-refractivity contribution is -0.128. The number of halogens is 2. The number of carbonyl (C=O) groups excluding carboxylic acids is 1. The standard InChI is InChI=1S/C12H10Cl2N2O2S/c13-7-1-2-8(9(14)5-7)12-11(15)10(19-16-12)3-4-18-6-17/h1-2,5-6H,3-4,15H2. The fourth-order valence-corrected chi connectivity index (χ4v) is 2.85. The molecule has 0 fully saturated rings. The molecule has 0 radical (unpaired) electrons. The third-order valence-electron chi connectivity index (χ3n) is 2.50. The molecule has 100 valence electrons. The summed E-state index contributed by atoms with van der Waals surface area (Å²) in [6.45, 7) is 0.692. The maximum absolute atomic E-state index is 10.1. The lowest BCUT2D eigenvalue weighted by Gasteiger charge is -2.03. The van der Waals surface area contributed by atoms with Gasteiger partial charge in [0.2, 0.25) is 0 Å². The Bertz CT molecular complexity index is 601. The highest BCUT2D eigenvalue weighted by atomic mass is 35.5. The van der Waals surface area contributed by atoms with E-state index >= 15 is 0 Å². The second kappa shape index (κ2) is 6.23. The first kappa shape index (κ1) is 14.1. The molecule has 0 bridgehead atoms. The summed E-state index contributed by atoms with van der Waals surface area (Å²) in [6.07, 6.45) is 0.535. The Kier molecular flexibility index (Phi) is 4.63. The van der Waals surface area contributed by atoms with Crippen molar-refractivity contribution in [2.75, 3.05) is 12.3 Å². The number of hydrogen-bond donors (Lipinski definition) is 1. The molecule has 1 aromatic carbocycles. The number of rotatable bonds is 5. The van der Waals surface area contributed by atoms with Crippen molar-refractivity contribution in [3.63, 3.8) is 0 Å². The van der Waals surface area contributed by atoms with Gasteiger partial charge in [-0.1, -0.05) is 23.2 Å². The Hall–Kier alpha value is -1.30. The number of nitrogens with zero attached hydrogens (tertiary/aromatic N) is 1. The van der Waals surface area contributed by atoms with E-state index < -0.39 is 0 Å². The Labute approximate surface area is 124 Å². The van der Waals surface area contributed by atoms with E-state index in [1.807, 2.05) is 0 Å². The van der Waals surface area contributed by atoms with Crippen LogP contribution in [0.25, 0.3) is 11.3 Å². The summed E-state index contributed by atoms with van der Waals surface area (Å²) in [5.41, 5.74) is 7.97. The van der Waals surface area contributed by atoms with E-state index in [2.05, 4.69) is 9.11 Å². The van der Waals surface area contributed by atoms with Crippen molar-refractivity contribution in [1.29, 1.82) is 0 Å². The third-order valence-corrected chi connectivity index (χ3v) is 3.97. The molecule has 0 atom stereocenters. The molecule has 2 N–H and O–H groups in total. The van der Waals surface area contributed by atoms with Gasteiger partial charge in [-0.2, -0.15) is 4.37 Å². The predicted octanol–water partition coefficient (Wildman–Crippen LogP) is 3.41. The van der Waals surface area contributed by atoms with Crippen molar-refractivity contribution < 1.29 is 9.53 Å². The van der Waals surface area contributed by atoms with Crippen LogP contribution in [0.5, 0.6) is 0 Å². The Balaban J connectivity index is 2.28. The summed E-state index contributed by atoms with van der Waals surface area (Å²) < 4.78 is 8.95. The lowest BCUT2D eigenvalue weighted by Crippen LogP contribution is -1.98. The summed E-state index contributed by atoms with van der Waals surface area (Å²) in [4.78, 5) is 11.0. The van der Waals surface area contributed by atoms with Gasteiger partial charge in [0, 0.05) is 17.0 Å². The van der Waals surface area contributed by atoms with Gasteiger partial charge in [0.25, 0.3) is 6.47 Å². The summed E-state index contributed by atoms with van der Waals surface area (Å²) in [5, 5.41) is 1.06. The number of anilines is 1. The molecule has 0 saturated carbocycles. The van der Waals surface area contributed by atoms with Crippen LogP contribution < -0.4 is 5.73 Å². The van der Waals surface area contributed by atoms with E-state index in [0.29, 0.717) is 34.3 Å². The van der Waals surface area contributed by atoms with Crippen molar-refractivity contribution >= 4 is 46.9 Å². The van der Waals surface area contributed by atoms with Crippen LogP contribution in [0.3, 0.4) is 0 Å². The molecule has 0 aliphatic heterocycles. The molecule has 4 nitrogen and oxygen atoms in total. The first-order valence-corrected chi connectivity index (χ1v) is 6.91.